The Morgan fingerprint density at radius 1 is 1.30 bits per heavy atom. The maximum Gasteiger partial charge on any atom is 0.229 e. The van der Waals surface area contributed by atoms with Crippen molar-refractivity contribution in [2.75, 3.05) is 11.4 Å². The fraction of sp³-hybridized carbons (Fsp3) is 0.500. The minimum absolute atomic E-state index is 0.00439. The van der Waals surface area contributed by atoms with Crippen molar-refractivity contribution in [3.63, 3.8) is 0 Å². The SMILES string of the molecule is Cc1ccc(N2C[C@H](NC(=O)C(C)C)CC2=O)cc1C. The Bertz CT molecular complexity index is 537. The number of nitrogens with zero attached hydrogens (tertiary/aromatic N) is 1. The number of hydrogen-bond acceptors (Lipinski definition) is 2. The number of amides is 2. The van der Waals surface area contributed by atoms with Crippen LogP contribution in [0.25, 0.3) is 0 Å². The standard InChI is InChI=1S/C16H22N2O2/c1-10(2)16(20)17-13-8-15(19)18(9-13)14-6-5-11(3)12(4)7-14/h5-7,10,13H,8-9H2,1-4H3,(H,17,20)/t13-/m1/s1. The van der Waals surface area contributed by atoms with Crippen molar-refractivity contribution in [1.82, 2.24) is 5.32 Å². The van der Waals surface area contributed by atoms with Crippen molar-refractivity contribution in [1.29, 1.82) is 0 Å². The van der Waals surface area contributed by atoms with Crippen molar-refractivity contribution in [2.45, 2.75) is 40.2 Å². The van der Waals surface area contributed by atoms with Gasteiger partial charge in [0.05, 0.1) is 6.04 Å². The minimum Gasteiger partial charge on any atom is -0.351 e. The van der Waals surface area contributed by atoms with Gasteiger partial charge in [0, 0.05) is 24.6 Å². The highest BCUT2D eigenvalue weighted by Crippen LogP contribution is 2.24. The monoisotopic (exact) mass is 274 g/mol. The predicted octanol–water partition coefficient (Wildman–Crippen LogP) is 2.18. The summed E-state index contributed by atoms with van der Waals surface area (Å²) in [4.78, 5) is 25.6. The van der Waals surface area contributed by atoms with Gasteiger partial charge in [0.15, 0.2) is 0 Å². The lowest BCUT2D eigenvalue weighted by molar-refractivity contribution is -0.124. The summed E-state index contributed by atoms with van der Waals surface area (Å²) in [5.74, 6) is 0.0211. The van der Waals surface area contributed by atoms with Gasteiger partial charge in [-0.3, -0.25) is 9.59 Å². The minimum atomic E-state index is -0.0843. The molecule has 0 spiro atoms. The first-order chi connectivity index (χ1) is 9.38. The van der Waals surface area contributed by atoms with E-state index in [0.717, 1.165) is 5.69 Å². The fourth-order valence-electron chi connectivity index (χ4n) is 2.32. The van der Waals surface area contributed by atoms with Crippen LogP contribution < -0.4 is 10.2 Å². The third kappa shape index (κ3) is 3.00. The lowest BCUT2D eigenvalue weighted by Crippen LogP contribution is -2.39. The molecule has 1 atom stereocenters. The molecule has 1 aliphatic heterocycles. The van der Waals surface area contributed by atoms with Gasteiger partial charge in [-0.05, 0) is 37.1 Å². The molecule has 4 nitrogen and oxygen atoms in total. The Morgan fingerprint density at radius 3 is 2.60 bits per heavy atom. The van der Waals surface area contributed by atoms with E-state index in [0.29, 0.717) is 13.0 Å². The lowest BCUT2D eigenvalue weighted by Gasteiger charge is -2.19. The zero-order valence-corrected chi connectivity index (χ0v) is 12.6. The topological polar surface area (TPSA) is 49.4 Å². The fourth-order valence-corrected chi connectivity index (χ4v) is 2.32. The molecule has 0 unspecified atom stereocenters. The molecule has 2 rings (SSSR count). The average Bonchev–Trinajstić information content (AvgIpc) is 2.73. The molecule has 2 amide bonds. The smallest absolute Gasteiger partial charge is 0.229 e. The Morgan fingerprint density at radius 2 is 2.00 bits per heavy atom. The van der Waals surface area contributed by atoms with Crippen LogP contribution in [0.1, 0.15) is 31.4 Å². The first-order valence-electron chi connectivity index (χ1n) is 7.06. The molecular weight excluding hydrogens is 252 g/mol. The number of aryl methyl sites for hydroxylation is 2. The molecule has 0 radical (unpaired) electrons. The Kier molecular flexibility index (Phi) is 4.12. The van der Waals surface area contributed by atoms with Crippen LogP contribution in [0.3, 0.4) is 0 Å². The number of benzene rings is 1. The number of carbonyl (C=O) groups is 2. The van der Waals surface area contributed by atoms with Crippen LogP contribution in [-0.4, -0.2) is 24.4 Å². The quantitative estimate of drug-likeness (QED) is 0.918. The second kappa shape index (κ2) is 5.65. The lowest BCUT2D eigenvalue weighted by atomic mass is 10.1. The molecule has 1 heterocycles. The van der Waals surface area contributed by atoms with E-state index in [2.05, 4.69) is 12.2 Å². The molecule has 0 saturated carbocycles. The molecule has 0 aliphatic carbocycles. The number of anilines is 1. The van der Waals surface area contributed by atoms with Gasteiger partial charge in [0.1, 0.15) is 0 Å². The highest BCUT2D eigenvalue weighted by Gasteiger charge is 2.31. The summed E-state index contributed by atoms with van der Waals surface area (Å²) in [5, 5.41) is 2.93. The summed E-state index contributed by atoms with van der Waals surface area (Å²) in [5.41, 5.74) is 3.30. The summed E-state index contributed by atoms with van der Waals surface area (Å²) >= 11 is 0. The Balaban J connectivity index is 2.09. The largest absolute Gasteiger partial charge is 0.351 e. The Labute approximate surface area is 120 Å². The molecule has 108 valence electrons. The number of carbonyl (C=O) groups excluding carboxylic acids is 2. The third-order valence-electron chi connectivity index (χ3n) is 3.80. The molecule has 20 heavy (non-hydrogen) atoms. The van der Waals surface area contributed by atoms with Crippen molar-refractivity contribution in [2.24, 2.45) is 5.92 Å². The van der Waals surface area contributed by atoms with Crippen LogP contribution >= 0.6 is 0 Å². The molecule has 1 fully saturated rings. The first kappa shape index (κ1) is 14.6. The molecule has 1 aliphatic rings. The molecule has 1 N–H and O–H groups in total. The maximum atomic E-state index is 12.1. The van der Waals surface area contributed by atoms with Crippen molar-refractivity contribution < 1.29 is 9.59 Å². The summed E-state index contributed by atoms with van der Waals surface area (Å²) < 4.78 is 0. The predicted molar refractivity (Wildman–Crippen MR) is 79.7 cm³/mol. The normalized spacial score (nSPS) is 18.8. The van der Waals surface area contributed by atoms with Crippen molar-refractivity contribution >= 4 is 17.5 Å². The van der Waals surface area contributed by atoms with Crippen LogP contribution in [0, 0.1) is 19.8 Å². The van der Waals surface area contributed by atoms with Crippen LogP contribution in [0.15, 0.2) is 18.2 Å². The molecule has 4 heteroatoms. The third-order valence-corrected chi connectivity index (χ3v) is 3.80. The van der Waals surface area contributed by atoms with Gasteiger partial charge in [0.2, 0.25) is 11.8 Å². The average molecular weight is 274 g/mol. The molecule has 0 aromatic heterocycles. The zero-order valence-electron chi connectivity index (χ0n) is 12.6. The van der Waals surface area contributed by atoms with E-state index in [4.69, 9.17) is 0 Å². The van der Waals surface area contributed by atoms with E-state index < -0.39 is 0 Å². The van der Waals surface area contributed by atoms with Gasteiger partial charge in [-0.25, -0.2) is 0 Å². The number of nitrogens with one attached hydrogen (secondary N) is 1. The second-order valence-corrected chi connectivity index (χ2v) is 5.84. The van der Waals surface area contributed by atoms with E-state index >= 15 is 0 Å². The van der Waals surface area contributed by atoms with Gasteiger partial charge in [0.25, 0.3) is 0 Å². The second-order valence-electron chi connectivity index (χ2n) is 5.84. The highest BCUT2D eigenvalue weighted by atomic mass is 16.2. The zero-order chi connectivity index (χ0) is 14.9. The van der Waals surface area contributed by atoms with Gasteiger partial charge in [-0.2, -0.15) is 0 Å². The van der Waals surface area contributed by atoms with E-state index in [1.165, 1.54) is 11.1 Å². The summed E-state index contributed by atoms with van der Waals surface area (Å²) in [6.07, 6.45) is 0.380. The molecule has 1 saturated heterocycles. The van der Waals surface area contributed by atoms with Gasteiger partial charge < -0.3 is 10.2 Å². The first-order valence-corrected chi connectivity index (χ1v) is 7.06. The summed E-state index contributed by atoms with van der Waals surface area (Å²) in [7, 11) is 0. The summed E-state index contributed by atoms with van der Waals surface area (Å²) in [6, 6.07) is 5.93. The van der Waals surface area contributed by atoms with Gasteiger partial charge in [-0.15, -0.1) is 0 Å². The molecule has 0 bridgehead atoms. The van der Waals surface area contributed by atoms with Crippen molar-refractivity contribution in [3.8, 4) is 0 Å². The molecule has 1 aromatic carbocycles. The van der Waals surface area contributed by atoms with E-state index in [-0.39, 0.29) is 23.8 Å². The van der Waals surface area contributed by atoms with Gasteiger partial charge >= 0.3 is 0 Å². The van der Waals surface area contributed by atoms with E-state index in [9.17, 15) is 9.59 Å². The van der Waals surface area contributed by atoms with Crippen LogP contribution in [0.2, 0.25) is 0 Å². The summed E-state index contributed by atoms with van der Waals surface area (Å²) in [6.45, 7) is 8.36. The Hall–Kier alpha value is -1.84. The van der Waals surface area contributed by atoms with Crippen LogP contribution in [0.5, 0.6) is 0 Å². The number of rotatable bonds is 3. The van der Waals surface area contributed by atoms with E-state index in [1.54, 1.807) is 4.90 Å². The van der Waals surface area contributed by atoms with Crippen LogP contribution in [-0.2, 0) is 9.59 Å². The maximum absolute atomic E-state index is 12.1. The van der Waals surface area contributed by atoms with E-state index in [1.807, 2.05) is 39.0 Å². The molecular formula is C16H22N2O2. The van der Waals surface area contributed by atoms with Crippen LogP contribution in [0.4, 0.5) is 5.69 Å². The van der Waals surface area contributed by atoms with Crippen molar-refractivity contribution in [3.05, 3.63) is 29.3 Å². The highest BCUT2D eigenvalue weighted by molar-refractivity contribution is 5.97. The molecule has 1 aromatic rings. The van der Waals surface area contributed by atoms with Gasteiger partial charge in [-0.1, -0.05) is 19.9 Å². The number of hydrogen-bond donors (Lipinski definition) is 1.